The summed E-state index contributed by atoms with van der Waals surface area (Å²) in [5.74, 6) is 0. The van der Waals surface area contributed by atoms with E-state index in [1.54, 1.807) is 0 Å². The molecule has 0 aromatic heterocycles. The van der Waals surface area contributed by atoms with Gasteiger partial charge in [0.2, 0.25) is 0 Å². The first-order valence-corrected chi connectivity index (χ1v) is 5.15. The number of ether oxygens (including phenoxy) is 1. The van der Waals surface area contributed by atoms with Crippen molar-refractivity contribution in [2.45, 2.75) is 38.4 Å². The van der Waals surface area contributed by atoms with Gasteiger partial charge in [-0.05, 0) is 20.3 Å². The van der Waals surface area contributed by atoms with E-state index in [1.807, 2.05) is 6.92 Å². The number of rotatable bonds is 2. The molecule has 1 aliphatic heterocycles. The minimum atomic E-state index is -0.407. The third-order valence-electron chi connectivity index (χ3n) is 2.82. The predicted octanol–water partition coefficient (Wildman–Crippen LogP) is 0.337. The van der Waals surface area contributed by atoms with Crippen LogP contribution < -0.4 is 5.73 Å². The zero-order valence-electron chi connectivity index (χ0n) is 8.94. The molecule has 1 rings (SSSR count). The first kappa shape index (κ1) is 11.4. The summed E-state index contributed by atoms with van der Waals surface area (Å²) < 4.78 is 5.44. The number of nitrogens with two attached hydrogens (primary N) is 1. The largest absolute Gasteiger partial charge is 0.380 e. The SMILES string of the molecule is CC1COCCCN1C(C)C(N)C#N. The molecule has 1 saturated heterocycles. The monoisotopic (exact) mass is 197 g/mol. The van der Waals surface area contributed by atoms with Crippen LogP contribution in [0.5, 0.6) is 0 Å². The first-order valence-electron chi connectivity index (χ1n) is 5.15. The highest BCUT2D eigenvalue weighted by Gasteiger charge is 2.26. The minimum Gasteiger partial charge on any atom is -0.380 e. The standard InChI is InChI=1S/C10H19N3O/c1-8-7-14-5-3-4-13(8)9(2)10(12)6-11/h8-10H,3-5,7,12H2,1-2H3. The van der Waals surface area contributed by atoms with E-state index in [9.17, 15) is 0 Å². The predicted molar refractivity (Wildman–Crippen MR) is 54.7 cm³/mol. The van der Waals surface area contributed by atoms with Gasteiger partial charge in [0.25, 0.3) is 0 Å². The zero-order chi connectivity index (χ0) is 10.6. The smallest absolute Gasteiger partial charge is 0.108 e. The molecule has 0 radical (unpaired) electrons. The molecule has 1 aliphatic rings. The van der Waals surface area contributed by atoms with E-state index in [-0.39, 0.29) is 6.04 Å². The quantitative estimate of drug-likeness (QED) is 0.693. The van der Waals surface area contributed by atoms with Crippen molar-refractivity contribution in [2.24, 2.45) is 5.73 Å². The lowest BCUT2D eigenvalue weighted by molar-refractivity contribution is 0.0895. The summed E-state index contributed by atoms with van der Waals surface area (Å²) in [4.78, 5) is 2.26. The van der Waals surface area contributed by atoms with Crippen molar-refractivity contribution in [1.29, 1.82) is 5.26 Å². The molecule has 0 bridgehead atoms. The molecule has 0 aliphatic carbocycles. The normalized spacial score (nSPS) is 28.9. The van der Waals surface area contributed by atoms with Crippen LogP contribution in [0, 0.1) is 11.3 Å². The molecule has 1 heterocycles. The highest BCUT2D eigenvalue weighted by atomic mass is 16.5. The Balaban J connectivity index is 2.59. The van der Waals surface area contributed by atoms with E-state index in [0.29, 0.717) is 6.04 Å². The zero-order valence-corrected chi connectivity index (χ0v) is 8.94. The van der Waals surface area contributed by atoms with Crippen molar-refractivity contribution in [3.05, 3.63) is 0 Å². The molecule has 3 unspecified atom stereocenters. The van der Waals surface area contributed by atoms with Crippen LogP contribution in [0.25, 0.3) is 0 Å². The van der Waals surface area contributed by atoms with Crippen LogP contribution in [-0.4, -0.2) is 42.8 Å². The average Bonchev–Trinajstić information content (AvgIpc) is 2.40. The van der Waals surface area contributed by atoms with Crippen LogP contribution in [0.4, 0.5) is 0 Å². The summed E-state index contributed by atoms with van der Waals surface area (Å²) in [5, 5.41) is 8.76. The summed E-state index contributed by atoms with van der Waals surface area (Å²) in [6.45, 7) is 6.65. The maximum Gasteiger partial charge on any atom is 0.108 e. The van der Waals surface area contributed by atoms with Gasteiger partial charge >= 0.3 is 0 Å². The molecule has 80 valence electrons. The van der Waals surface area contributed by atoms with Crippen molar-refractivity contribution in [1.82, 2.24) is 4.90 Å². The second kappa shape index (κ2) is 5.30. The Morgan fingerprint density at radius 3 is 3.00 bits per heavy atom. The van der Waals surface area contributed by atoms with Gasteiger partial charge in [0.15, 0.2) is 0 Å². The first-order chi connectivity index (χ1) is 6.66. The molecule has 0 aromatic carbocycles. The molecule has 0 spiro atoms. The fourth-order valence-electron chi connectivity index (χ4n) is 1.84. The molecular formula is C10H19N3O. The summed E-state index contributed by atoms with van der Waals surface area (Å²) in [6, 6.07) is 2.15. The lowest BCUT2D eigenvalue weighted by atomic mass is 10.1. The fraction of sp³-hybridized carbons (Fsp3) is 0.900. The number of nitrogens with zero attached hydrogens (tertiary/aromatic N) is 2. The Bertz CT molecular complexity index is 214. The lowest BCUT2D eigenvalue weighted by Crippen LogP contribution is -2.50. The molecule has 0 amide bonds. The third kappa shape index (κ3) is 2.68. The molecular weight excluding hydrogens is 178 g/mol. The Morgan fingerprint density at radius 1 is 1.64 bits per heavy atom. The van der Waals surface area contributed by atoms with Gasteiger partial charge in [-0.1, -0.05) is 0 Å². The maximum atomic E-state index is 8.76. The van der Waals surface area contributed by atoms with Gasteiger partial charge < -0.3 is 10.5 Å². The molecule has 1 fully saturated rings. The van der Waals surface area contributed by atoms with Gasteiger partial charge in [-0.15, -0.1) is 0 Å². The Hall–Kier alpha value is -0.630. The van der Waals surface area contributed by atoms with Gasteiger partial charge in [-0.2, -0.15) is 5.26 Å². The van der Waals surface area contributed by atoms with Crippen molar-refractivity contribution in [3.63, 3.8) is 0 Å². The van der Waals surface area contributed by atoms with Gasteiger partial charge in [-0.3, -0.25) is 4.90 Å². The third-order valence-corrected chi connectivity index (χ3v) is 2.82. The van der Waals surface area contributed by atoms with E-state index in [2.05, 4.69) is 17.9 Å². The van der Waals surface area contributed by atoms with Crippen molar-refractivity contribution >= 4 is 0 Å². The molecule has 0 aromatic rings. The van der Waals surface area contributed by atoms with Crippen LogP contribution in [-0.2, 0) is 4.74 Å². The average molecular weight is 197 g/mol. The maximum absolute atomic E-state index is 8.76. The molecule has 0 saturated carbocycles. The van der Waals surface area contributed by atoms with Crippen LogP contribution in [0.3, 0.4) is 0 Å². The van der Waals surface area contributed by atoms with Crippen LogP contribution in [0.2, 0.25) is 0 Å². The van der Waals surface area contributed by atoms with Crippen molar-refractivity contribution in [2.75, 3.05) is 19.8 Å². The molecule has 3 atom stereocenters. The molecule has 4 heteroatoms. The van der Waals surface area contributed by atoms with Crippen LogP contribution in [0.15, 0.2) is 0 Å². The van der Waals surface area contributed by atoms with Crippen molar-refractivity contribution in [3.8, 4) is 6.07 Å². The minimum absolute atomic E-state index is 0.108. The molecule has 2 N–H and O–H groups in total. The van der Waals surface area contributed by atoms with E-state index in [1.165, 1.54) is 0 Å². The Morgan fingerprint density at radius 2 is 2.36 bits per heavy atom. The fourth-order valence-corrected chi connectivity index (χ4v) is 1.84. The molecule has 4 nitrogen and oxygen atoms in total. The summed E-state index contributed by atoms with van der Waals surface area (Å²) in [6.07, 6.45) is 1.02. The van der Waals surface area contributed by atoms with E-state index in [0.717, 1.165) is 26.2 Å². The highest BCUT2D eigenvalue weighted by molar-refractivity contribution is 4.96. The van der Waals surface area contributed by atoms with Gasteiger partial charge in [0.1, 0.15) is 6.04 Å². The summed E-state index contributed by atoms with van der Waals surface area (Å²) in [5.41, 5.74) is 5.72. The highest BCUT2D eigenvalue weighted by Crippen LogP contribution is 2.12. The number of hydrogen-bond donors (Lipinski definition) is 1. The van der Waals surface area contributed by atoms with Gasteiger partial charge in [0, 0.05) is 25.2 Å². The van der Waals surface area contributed by atoms with Gasteiger partial charge in [0.05, 0.1) is 12.7 Å². The lowest BCUT2D eigenvalue weighted by Gasteiger charge is -2.33. The Labute approximate surface area is 85.6 Å². The Kier molecular flexibility index (Phi) is 4.33. The van der Waals surface area contributed by atoms with E-state index in [4.69, 9.17) is 15.7 Å². The van der Waals surface area contributed by atoms with Crippen LogP contribution in [0.1, 0.15) is 20.3 Å². The molecule has 14 heavy (non-hydrogen) atoms. The van der Waals surface area contributed by atoms with Gasteiger partial charge in [-0.25, -0.2) is 0 Å². The topological polar surface area (TPSA) is 62.3 Å². The summed E-state index contributed by atoms with van der Waals surface area (Å²) >= 11 is 0. The summed E-state index contributed by atoms with van der Waals surface area (Å²) in [7, 11) is 0. The van der Waals surface area contributed by atoms with Crippen molar-refractivity contribution < 1.29 is 4.74 Å². The van der Waals surface area contributed by atoms with Crippen LogP contribution >= 0.6 is 0 Å². The van der Waals surface area contributed by atoms with E-state index < -0.39 is 6.04 Å². The number of hydrogen-bond acceptors (Lipinski definition) is 4. The second-order valence-electron chi connectivity index (χ2n) is 3.91. The second-order valence-corrected chi connectivity index (χ2v) is 3.91. The number of nitriles is 1. The van der Waals surface area contributed by atoms with E-state index >= 15 is 0 Å².